The molecule has 0 saturated heterocycles. The lowest BCUT2D eigenvalue weighted by molar-refractivity contribution is 0.426. The van der Waals surface area contributed by atoms with Gasteiger partial charge in [0.2, 0.25) is 0 Å². The third-order valence-electron chi connectivity index (χ3n) is 4.62. The summed E-state index contributed by atoms with van der Waals surface area (Å²) >= 11 is 0. The van der Waals surface area contributed by atoms with E-state index < -0.39 is 7.12 Å². The third kappa shape index (κ3) is 2.65. The maximum Gasteiger partial charge on any atom is 0.488 e. The van der Waals surface area contributed by atoms with Gasteiger partial charge < -0.3 is 15.4 Å². The van der Waals surface area contributed by atoms with Crippen LogP contribution in [0.15, 0.2) is 72.8 Å². The highest BCUT2D eigenvalue weighted by Crippen LogP contribution is 2.43. The van der Waals surface area contributed by atoms with E-state index in [1.165, 1.54) is 22.3 Å². The van der Waals surface area contributed by atoms with E-state index in [0.29, 0.717) is 5.46 Å². The second-order valence-corrected chi connectivity index (χ2v) is 6.10. The van der Waals surface area contributed by atoms with Crippen LogP contribution in [0.3, 0.4) is 0 Å². The maximum absolute atomic E-state index is 9.18. The second kappa shape index (κ2) is 6.25. The number of benzene rings is 3. The van der Waals surface area contributed by atoms with Crippen molar-refractivity contribution in [1.82, 2.24) is 5.32 Å². The predicted molar refractivity (Wildman–Crippen MR) is 96.8 cm³/mol. The first-order valence-electron chi connectivity index (χ1n) is 8.10. The van der Waals surface area contributed by atoms with Crippen LogP contribution in [-0.2, 0) is 6.54 Å². The number of fused-ring (bicyclic) bond motifs is 3. The van der Waals surface area contributed by atoms with Crippen LogP contribution >= 0.6 is 0 Å². The van der Waals surface area contributed by atoms with Gasteiger partial charge in [-0.3, -0.25) is 0 Å². The van der Waals surface area contributed by atoms with Crippen LogP contribution in [-0.4, -0.2) is 17.2 Å². The Morgan fingerprint density at radius 2 is 1.29 bits per heavy atom. The van der Waals surface area contributed by atoms with Gasteiger partial charge >= 0.3 is 7.12 Å². The molecule has 0 saturated carbocycles. The van der Waals surface area contributed by atoms with E-state index in [9.17, 15) is 10.0 Å². The molecule has 118 valence electrons. The van der Waals surface area contributed by atoms with E-state index in [-0.39, 0.29) is 6.04 Å². The lowest BCUT2D eigenvalue weighted by atomic mass is 9.80. The van der Waals surface area contributed by atoms with Crippen molar-refractivity contribution in [3.63, 3.8) is 0 Å². The van der Waals surface area contributed by atoms with Gasteiger partial charge in [0.05, 0.1) is 6.04 Å². The molecule has 0 aromatic heterocycles. The number of nitrogens with one attached hydrogen (secondary N) is 1. The standard InChI is InChI=1S/C20H18BNO2/c23-21(24)15-11-9-14(10-12-15)13-22-20-18-7-3-1-5-16(18)17-6-2-4-8-19(17)20/h1-12,20,22-24H,13H2. The van der Waals surface area contributed by atoms with E-state index >= 15 is 0 Å². The van der Waals surface area contributed by atoms with Crippen molar-refractivity contribution in [1.29, 1.82) is 0 Å². The fraction of sp³-hybridized carbons (Fsp3) is 0.100. The molecule has 0 amide bonds. The molecule has 24 heavy (non-hydrogen) atoms. The van der Waals surface area contributed by atoms with Crippen molar-refractivity contribution in [2.45, 2.75) is 12.6 Å². The highest BCUT2D eigenvalue weighted by Gasteiger charge is 2.27. The van der Waals surface area contributed by atoms with Crippen LogP contribution in [0.5, 0.6) is 0 Å². The summed E-state index contributed by atoms with van der Waals surface area (Å²) in [6, 6.07) is 24.6. The lowest BCUT2D eigenvalue weighted by Crippen LogP contribution is -2.29. The molecule has 0 atom stereocenters. The third-order valence-corrected chi connectivity index (χ3v) is 4.62. The summed E-state index contributed by atoms with van der Waals surface area (Å²) in [7, 11) is -1.42. The van der Waals surface area contributed by atoms with Gasteiger partial charge in [-0.2, -0.15) is 0 Å². The minimum atomic E-state index is -1.42. The van der Waals surface area contributed by atoms with Crippen LogP contribution in [0.1, 0.15) is 22.7 Å². The fourth-order valence-corrected chi connectivity index (χ4v) is 3.40. The zero-order valence-electron chi connectivity index (χ0n) is 13.2. The minimum absolute atomic E-state index is 0.181. The number of rotatable bonds is 4. The Morgan fingerprint density at radius 3 is 1.83 bits per heavy atom. The predicted octanol–water partition coefficient (Wildman–Crippen LogP) is 2.23. The Balaban J connectivity index is 1.58. The zero-order chi connectivity index (χ0) is 16.5. The summed E-state index contributed by atoms with van der Waals surface area (Å²) in [5, 5.41) is 22.0. The van der Waals surface area contributed by atoms with Gasteiger partial charge in [-0.1, -0.05) is 72.8 Å². The molecule has 0 unspecified atom stereocenters. The highest BCUT2D eigenvalue weighted by atomic mass is 16.4. The average molecular weight is 315 g/mol. The lowest BCUT2D eigenvalue weighted by Gasteiger charge is -2.16. The van der Waals surface area contributed by atoms with Crippen LogP contribution in [0.25, 0.3) is 11.1 Å². The van der Waals surface area contributed by atoms with Crippen molar-refractivity contribution in [3.05, 3.63) is 89.5 Å². The second-order valence-electron chi connectivity index (χ2n) is 6.10. The first-order valence-corrected chi connectivity index (χ1v) is 8.10. The average Bonchev–Trinajstić information content (AvgIpc) is 2.94. The summed E-state index contributed by atoms with van der Waals surface area (Å²) in [5.74, 6) is 0. The van der Waals surface area contributed by atoms with Gasteiger partial charge in [0.1, 0.15) is 0 Å². The molecule has 1 aliphatic carbocycles. The fourth-order valence-electron chi connectivity index (χ4n) is 3.40. The molecule has 1 aliphatic rings. The number of hydrogen-bond donors (Lipinski definition) is 3. The molecular weight excluding hydrogens is 297 g/mol. The quantitative estimate of drug-likeness (QED) is 0.647. The Bertz CT molecular complexity index is 816. The van der Waals surface area contributed by atoms with Gasteiger partial charge in [0.25, 0.3) is 0 Å². The smallest absolute Gasteiger partial charge is 0.423 e. The van der Waals surface area contributed by atoms with Gasteiger partial charge in [-0.25, -0.2) is 0 Å². The van der Waals surface area contributed by atoms with Crippen LogP contribution in [0.2, 0.25) is 0 Å². The monoisotopic (exact) mass is 315 g/mol. The molecule has 0 aliphatic heterocycles. The van der Waals surface area contributed by atoms with E-state index in [1.807, 2.05) is 12.1 Å². The molecule has 4 rings (SSSR count). The molecule has 3 aromatic rings. The van der Waals surface area contributed by atoms with Crippen LogP contribution < -0.4 is 10.8 Å². The molecule has 0 bridgehead atoms. The first-order chi connectivity index (χ1) is 11.7. The van der Waals surface area contributed by atoms with Crippen LogP contribution in [0.4, 0.5) is 0 Å². The summed E-state index contributed by atoms with van der Waals surface area (Å²) in [5.41, 5.74) is 6.83. The molecule has 3 nitrogen and oxygen atoms in total. The van der Waals surface area contributed by atoms with Crippen molar-refractivity contribution in [2.24, 2.45) is 0 Å². The molecule has 0 heterocycles. The zero-order valence-corrected chi connectivity index (χ0v) is 13.2. The summed E-state index contributed by atoms with van der Waals surface area (Å²) in [4.78, 5) is 0. The van der Waals surface area contributed by atoms with Gasteiger partial charge in [0, 0.05) is 6.54 Å². The summed E-state index contributed by atoms with van der Waals surface area (Å²) < 4.78 is 0. The van der Waals surface area contributed by atoms with Crippen molar-refractivity contribution < 1.29 is 10.0 Å². The molecule has 3 N–H and O–H groups in total. The van der Waals surface area contributed by atoms with Gasteiger partial charge in [0.15, 0.2) is 0 Å². The molecule has 0 fully saturated rings. The van der Waals surface area contributed by atoms with E-state index in [1.54, 1.807) is 12.1 Å². The molecular formula is C20H18BNO2. The summed E-state index contributed by atoms with van der Waals surface area (Å²) in [6.07, 6.45) is 0. The number of hydrogen-bond acceptors (Lipinski definition) is 3. The maximum atomic E-state index is 9.18. The Labute approximate surface area is 141 Å². The topological polar surface area (TPSA) is 52.5 Å². The van der Waals surface area contributed by atoms with Gasteiger partial charge in [-0.15, -0.1) is 0 Å². The molecule has 3 aromatic carbocycles. The Hall–Kier alpha value is -2.40. The minimum Gasteiger partial charge on any atom is -0.423 e. The Morgan fingerprint density at radius 1 is 0.750 bits per heavy atom. The van der Waals surface area contributed by atoms with E-state index in [4.69, 9.17) is 0 Å². The SMILES string of the molecule is OB(O)c1ccc(CNC2c3ccccc3-c3ccccc32)cc1. The van der Waals surface area contributed by atoms with E-state index in [0.717, 1.165) is 12.1 Å². The van der Waals surface area contributed by atoms with Crippen LogP contribution in [0, 0.1) is 0 Å². The van der Waals surface area contributed by atoms with Crippen molar-refractivity contribution in [2.75, 3.05) is 0 Å². The van der Waals surface area contributed by atoms with E-state index in [2.05, 4.69) is 53.8 Å². The van der Waals surface area contributed by atoms with Crippen molar-refractivity contribution >= 4 is 12.6 Å². The first kappa shape index (κ1) is 15.2. The summed E-state index contributed by atoms with van der Waals surface area (Å²) in [6.45, 7) is 0.717. The molecule has 0 radical (unpaired) electrons. The largest absolute Gasteiger partial charge is 0.488 e. The van der Waals surface area contributed by atoms with Gasteiger partial charge in [-0.05, 0) is 33.3 Å². The molecule has 0 spiro atoms. The normalized spacial score (nSPS) is 12.8. The molecule has 4 heteroatoms. The Kier molecular flexibility index (Phi) is 3.94. The van der Waals surface area contributed by atoms with Crippen molar-refractivity contribution in [3.8, 4) is 11.1 Å². The highest BCUT2D eigenvalue weighted by molar-refractivity contribution is 6.58.